The summed E-state index contributed by atoms with van der Waals surface area (Å²) in [7, 11) is 0. The van der Waals surface area contributed by atoms with Crippen molar-refractivity contribution in [1.82, 2.24) is 4.98 Å². The van der Waals surface area contributed by atoms with Gasteiger partial charge in [-0.15, -0.1) is 0 Å². The highest BCUT2D eigenvalue weighted by molar-refractivity contribution is 9.10. The number of carbonyl (C=O) groups is 1. The van der Waals surface area contributed by atoms with Crippen LogP contribution in [0.25, 0.3) is 0 Å². The van der Waals surface area contributed by atoms with E-state index in [4.69, 9.17) is 0 Å². The van der Waals surface area contributed by atoms with E-state index < -0.39 is 5.97 Å². The van der Waals surface area contributed by atoms with Gasteiger partial charge in [0, 0.05) is 23.8 Å². The van der Waals surface area contributed by atoms with E-state index in [0.717, 1.165) is 25.9 Å². The van der Waals surface area contributed by atoms with Crippen molar-refractivity contribution in [2.45, 2.75) is 12.8 Å². The minimum Gasteiger partial charge on any atom is -0.478 e. The first-order valence-corrected chi connectivity index (χ1v) is 7.65. The maximum atomic E-state index is 11.4. The molecule has 2 aromatic rings. The van der Waals surface area contributed by atoms with E-state index in [1.807, 2.05) is 0 Å². The molecule has 0 bridgehead atoms. The lowest BCUT2D eigenvalue weighted by Gasteiger charge is -2.23. The number of hydrogen-bond donors (Lipinski definition) is 1. The number of fused-ring (bicyclic) bond motifs is 1. The Morgan fingerprint density at radius 2 is 1.81 bits per heavy atom. The summed E-state index contributed by atoms with van der Waals surface area (Å²) < 4.78 is 0.682. The van der Waals surface area contributed by atoms with Gasteiger partial charge in [-0.25, -0.2) is 9.78 Å². The Hall–Kier alpha value is -1.88. The van der Waals surface area contributed by atoms with Gasteiger partial charge in [0.25, 0.3) is 0 Å². The van der Waals surface area contributed by atoms with Crippen molar-refractivity contribution in [3.63, 3.8) is 0 Å². The van der Waals surface area contributed by atoms with Crippen LogP contribution in [0.5, 0.6) is 0 Å². The van der Waals surface area contributed by atoms with Crippen molar-refractivity contribution >= 4 is 27.7 Å². The molecule has 108 valence electrons. The topological polar surface area (TPSA) is 53.4 Å². The van der Waals surface area contributed by atoms with Gasteiger partial charge in [0.1, 0.15) is 11.4 Å². The molecule has 1 aromatic carbocycles. The van der Waals surface area contributed by atoms with Crippen molar-refractivity contribution in [3.8, 4) is 0 Å². The molecule has 0 unspecified atom stereocenters. The summed E-state index contributed by atoms with van der Waals surface area (Å²) in [5, 5.41) is 9.38. The maximum Gasteiger partial charge on any atom is 0.339 e. The predicted octanol–water partition coefficient (Wildman–Crippen LogP) is 3.15. The summed E-state index contributed by atoms with van der Waals surface area (Å²) >= 11 is 3.28. The smallest absolute Gasteiger partial charge is 0.339 e. The Bertz CT molecular complexity index is 661. The van der Waals surface area contributed by atoms with E-state index in [-0.39, 0.29) is 5.56 Å². The number of halogens is 1. The zero-order valence-corrected chi connectivity index (χ0v) is 13.0. The fourth-order valence-electron chi connectivity index (χ4n) is 2.72. The molecule has 21 heavy (non-hydrogen) atoms. The molecule has 0 atom stereocenters. The maximum absolute atomic E-state index is 11.4. The second-order valence-corrected chi connectivity index (χ2v) is 6.00. The second kappa shape index (κ2) is 5.85. The monoisotopic (exact) mass is 346 g/mol. The van der Waals surface area contributed by atoms with Crippen molar-refractivity contribution in [2.75, 3.05) is 18.0 Å². The average molecular weight is 347 g/mol. The van der Waals surface area contributed by atoms with Crippen LogP contribution in [0.2, 0.25) is 0 Å². The summed E-state index contributed by atoms with van der Waals surface area (Å²) in [6.07, 6.45) is 3.47. The Morgan fingerprint density at radius 1 is 1.19 bits per heavy atom. The molecular formula is C16H15BrN2O2. The molecular weight excluding hydrogens is 332 g/mol. The lowest BCUT2D eigenvalue weighted by Crippen LogP contribution is -2.28. The van der Waals surface area contributed by atoms with E-state index >= 15 is 0 Å². The number of anilines is 1. The van der Waals surface area contributed by atoms with Crippen LogP contribution in [-0.4, -0.2) is 29.1 Å². The highest BCUT2D eigenvalue weighted by Crippen LogP contribution is 2.25. The second-order valence-electron chi connectivity index (χ2n) is 5.09. The largest absolute Gasteiger partial charge is 0.478 e. The number of pyridine rings is 1. The molecule has 3 rings (SSSR count). The van der Waals surface area contributed by atoms with Crippen LogP contribution in [0.15, 0.2) is 41.0 Å². The van der Waals surface area contributed by atoms with Crippen LogP contribution in [0.1, 0.15) is 21.5 Å². The van der Waals surface area contributed by atoms with Gasteiger partial charge in [0.15, 0.2) is 0 Å². The van der Waals surface area contributed by atoms with Gasteiger partial charge in [0.2, 0.25) is 0 Å². The van der Waals surface area contributed by atoms with E-state index in [1.54, 1.807) is 12.3 Å². The summed E-state index contributed by atoms with van der Waals surface area (Å²) in [5.41, 5.74) is 2.93. The fraction of sp³-hybridized carbons (Fsp3) is 0.250. The molecule has 0 saturated carbocycles. The molecule has 0 spiro atoms. The first-order chi connectivity index (χ1) is 10.1. The van der Waals surface area contributed by atoms with Crippen LogP contribution in [0, 0.1) is 0 Å². The number of nitrogens with zero attached hydrogens (tertiary/aromatic N) is 2. The van der Waals surface area contributed by atoms with Gasteiger partial charge < -0.3 is 10.0 Å². The number of aromatic nitrogens is 1. The van der Waals surface area contributed by atoms with Gasteiger partial charge in [-0.05, 0) is 46.0 Å². The normalized spacial score (nSPS) is 14.4. The Morgan fingerprint density at radius 3 is 2.38 bits per heavy atom. The van der Waals surface area contributed by atoms with Gasteiger partial charge in [-0.1, -0.05) is 24.3 Å². The van der Waals surface area contributed by atoms with E-state index in [9.17, 15) is 9.90 Å². The summed E-state index contributed by atoms with van der Waals surface area (Å²) in [6.45, 7) is 1.57. The van der Waals surface area contributed by atoms with Crippen molar-refractivity contribution < 1.29 is 9.90 Å². The van der Waals surface area contributed by atoms with Crippen LogP contribution in [0.4, 0.5) is 5.82 Å². The van der Waals surface area contributed by atoms with Gasteiger partial charge >= 0.3 is 5.97 Å². The summed E-state index contributed by atoms with van der Waals surface area (Å²) in [6, 6.07) is 10.0. The molecule has 0 radical (unpaired) electrons. The third-order valence-corrected chi connectivity index (χ3v) is 4.22. The number of carboxylic acid groups (broad SMARTS) is 1. The third-order valence-electron chi connectivity index (χ3n) is 3.78. The van der Waals surface area contributed by atoms with Crippen LogP contribution in [0.3, 0.4) is 0 Å². The minimum absolute atomic E-state index is 0.246. The van der Waals surface area contributed by atoms with Crippen molar-refractivity contribution in [2.24, 2.45) is 0 Å². The average Bonchev–Trinajstić information content (AvgIpc) is 2.70. The Balaban J connectivity index is 1.91. The lowest BCUT2D eigenvalue weighted by atomic mass is 10.0. The molecule has 1 aliphatic rings. The first-order valence-electron chi connectivity index (χ1n) is 6.86. The predicted molar refractivity (Wildman–Crippen MR) is 85.0 cm³/mol. The Labute approximate surface area is 131 Å². The third kappa shape index (κ3) is 2.93. The molecule has 0 fully saturated rings. The summed E-state index contributed by atoms with van der Waals surface area (Å²) in [4.78, 5) is 17.8. The van der Waals surface area contributed by atoms with E-state index in [2.05, 4.69) is 50.1 Å². The Kier molecular flexibility index (Phi) is 3.92. The molecule has 1 N–H and O–H groups in total. The van der Waals surface area contributed by atoms with Gasteiger partial charge in [0.05, 0.1) is 0 Å². The minimum atomic E-state index is -0.944. The lowest BCUT2D eigenvalue weighted by molar-refractivity contribution is 0.0697. The SMILES string of the molecule is O=C(O)c1cc(Br)cnc1N1CCc2ccccc2CC1. The van der Waals surface area contributed by atoms with Crippen molar-refractivity contribution in [3.05, 3.63) is 57.7 Å². The van der Waals surface area contributed by atoms with Crippen LogP contribution < -0.4 is 4.90 Å². The molecule has 4 nitrogen and oxygen atoms in total. The number of aromatic carboxylic acids is 1. The highest BCUT2D eigenvalue weighted by atomic mass is 79.9. The molecule has 1 aliphatic heterocycles. The van der Waals surface area contributed by atoms with E-state index in [1.165, 1.54) is 11.1 Å². The zero-order chi connectivity index (χ0) is 14.8. The van der Waals surface area contributed by atoms with Crippen molar-refractivity contribution in [1.29, 1.82) is 0 Å². The van der Waals surface area contributed by atoms with Gasteiger partial charge in [-0.2, -0.15) is 0 Å². The van der Waals surface area contributed by atoms with Gasteiger partial charge in [-0.3, -0.25) is 0 Å². The number of rotatable bonds is 2. The molecule has 5 heteroatoms. The number of benzene rings is 1. The number of hydrogen-bond acceptors (Lipinski definition) is 3. The highest BCUT2D eigenvalue weighted by Gasteiger charge is 2.20. The standard InChI is InChI=1S/C16H15BrN2O2/c17-13-9-14(16(20)21)15(18-10-13)19-7-5-11-3-1-2-4-12(11)6-8-19/h1-4,9-10H,5-8H2,(H,20,21). The fourth-order valence-corrected chi connectivity index (χ4v) is 3.05. The zero-order valence-electron chi connectivity index (χ0n) is 11.4. The van der Waals surface area contributed by atoms with Crippen LogP contribution in [-0.2, 0) is 12.8 Å². The first kappa shape index (κ1) is 14.1. The molecule has 0 aliphatic carbocycles. The molecule has 0 saturated heterocycles. The molecule has 2 heterocycles. The quantitative estimate of drug-likeness (QED) is 0.907. The molecule has 0 amide bonds. The van der Waals surface area contributed by atoms with Crippen LogP contribution >= 0.6 is 15.9 Å². The number of carboxylic acids is 1. The summed E-state index contributed by atoms with van der Waals surface area (Å²) in [5.74, 6) is -0.390. The molecule has 1 aromatic heterocycles. The van der Waals surface area contributed by atoms with E-state index in [0.29, 0.717) is 10.3 Å².